The van der Waals surface area contributed by atoms with Gasteiger partial charge in [-0.1, -0.05) is 6.08 Å². The van der Waals surface area contributed by atoms with Crippen LogP contribution in [0.25, 0.3) is 0 Å². The minimum atomic E-state index is 0.0163. The van der Waals surface area contributed by atoms with Crippen molar-refractivity contribution >= 4 is 12.1 Å². The van der Waals surface area contributed by atoms with Crippen molar-refractivity contribution in [1.82, 2.24) is 4.90 Å². The van der Waals surface area contributed by atoms with Crippen molar-refractivity contribution in [1.29, 1.82) is 0 Å². The molecule has 0 rings (SSSR count). The Hall–Kier alpha value is -1.38. The van der Waals surface area contributed by atoms with Crippen LogP contribution in [-0.4, -0.2) is 24.1 Å². The van der Waals surface area contributed by atoms with E-state index in [1.54, 1.807) is 18.2 Å². The van der Waals surface area contributed by atoms with Crippen LogP contribution < -0.4 is 0 Å². The van der Waals surface area contributed by atoms with Crippen LogP contribution in [0.5, 0.6) is 0 Å². The van der Waals surface area contributed by atoms with Gasteiger partial charge in [0.2, 0.25) is 5.91 Å². The number of rotatable bonds is 3. The molecule has 0 atom stereocenters. The Morgan fingerprint density at radius 3 is 2.21 bits per heavy atom. The summed E-state index contributed by atoms with van der Waals surface area (Å²) < 4.78 is 0. The molecule has 0 aromatic heterocycles. The zero-order valence-corrected chi connectivity index (χ0v) is 9.53. The van der Waals surface area contributed by atoms with Crippen molar-refractivity contribution in [2.45, 2.75) is 27.7 Å². The van der Waals surface area contributed by atoms with Gasteiger partial charge in [-0.15, -0.1) is 0 Å². The number of allylic oxidation sites excluding steroid dienone is 3. The molecule has 0 fully saturated rings. The quantitative estimate of drug-likeness (QED) is 0.501. The van der Waals surface area contributed by atoms with Gasteiger partial charge in [-0.3, -0.25) is 9.79 Å². The summed E-state index contributed by atoms with van der Waals surface area (Å²) in [7, 11) is 1.75. The van der Waals surface area contributed by atoms with Gasteiger partial charge in [0.25, 0.3) is 0 Å². The average Bonchev–Trinajstić information content (AvgIpc) is 2.13. The lowest BCUT2D eigenvalue weighted by atomic mass is 10.3. The zero-order chi connectivity index (χ0) is 11.1. The monoisotopic (exact) mass is 194 g/mol. The molecule has 78 valence electrons. The molecule has 0 bridgehead atoms. The van der Waals surface area contributed by atoms with Crippen LogP contribution in [0, 0.1) is 0 Å². The molecule has 0 N–H and O–H groups in total. The maximum Gasteiger partial charge on any atom is 0.223 e. The van der Waals surface area contributed by atoms with Gasteiger partial charge in [0.15, 0.2) is 0 Å². The molecule has 0 unspecified atom stereocenters. The van der Waals surface area contributed by atoms with Crippen molar-refractivity contribution in [3.05, 3.63) is 23.5 Å². The third-order valence-electron chi connectivity index (χ3n) is 1.84. The molecule has 0 aliphatic carbocycles. The van der Waals surface area contributed by atoms with Gasteiger partial charge >= 0.3 is 0 Å². The van der Waals surface area contributed by atoms with Gasteiger partial charge in [0.1, 0.15) is 0 Å². The Morgan fingerprint density at radius 2 is 1.86 bits per heavy atom. The molecule has 3 heteroatoms. The summed E-state index contributed by atoms with van der Waals surface area (Å²) in [5.74, 6) is 0.0163. The van der Waals surface area contributed by atoms with E-state index in [-0.39, 0.29) is 5.91 Å². The largest absolute Gasteiger partial charge is 0.316 e. The number of nitrogens with zero attached hydrogens (tertiary/aromatic N) is 2. The van der Waals surface area contributed by atoms with E-state index in [0.717, 1.165) is 11.4 Å². The molecule has 0 aromatic carbocycles. The Kier molecular flexibility index (Phi) is 5.53. The SMILES string of the molecule is CC=N/C(C)=C\C(=C/C)N(C)C(C)=O. The smallest absolute Gasteiger partial charge is 0.223 e. The van der Waals surface area contributed by atoms with Gasteiger partial charge in [-0.25, -0.2) is 0 Å². The number of carbonyl (C=O) groups excluding carboxylic acids is 1. The fourth-order valence-corrected chi connectivity index (χ4v) is 1.01. The summed E-state index contributed by atoms with van der Waals surface area (Å²) in [4.78, 5) is 16.8. The van der Waals surface area contributed by atoms with Crippen molar-refractivity contribution in [3.8, 4) is 0 Å². The standard InChI is InChI=1S/C11H18N2O/c1-6-11(13(5)10(4)14)8-9(3)12-7-2/h6-8H,1-5H3/b9-8-,11-6+,12-7?. The summed E-state index contributed by atoms with van der Waals surface area (Å²) in [5.41, 5.74) is 1.74. The highest BCUT2D eigenvalue weighted by atomic mass is 16.2. The second kappa shape index (κ2) is 6.13. The average molecular weight is 194 g/mol. The molecular formula is C11H18N2O. The summed E-state index contributed by atoms with van der Waals surface area (Å²) in [6.07, 6.45) is 5.49. The van der Waals surface area contributed by atoms with Crippen molar-refractivity contribution in [3.63, 3.8) is 0 Å². The minimum Gasteiger partial charge on any atom is -0.316 e. The first-order chi connectivity index (χ1) is 6.52. The molecule has 14 heavy (non-hydrogen) atoms. The second-order valence-electron chi connectivity index (χ2n) is 2.96. The Bertz CT molecular complexity index is 288. The van der Waals surface area contributed by atoms with Crippen LogP contribution in [0.3, 0.4) is 0 Å². The molecule has 0 aromatic rings. The number of aliphatic imine (C=N–C) groups is 1. The minimum absolute atomic E-state index is 0.0163. The Morgan fingerprint density at radius 1 is 1.29 bits per heavy atom. The van der Waals surface area contributed by atoms with E-state index < -0.39 is 0 Å². The predicted octanol–water partition coefficient (Wildman–Crippen LogP) is 2.36. The lowest BCUT2D eigenvalue weighted by Gasteiger charge is -2.15. The van der Waals surface area contributed by atoms with Crippen LogP contribution in [0.1, 0.15) is 27.7 Å². The molecule has 1 amide bonds. The van der Waals surface area contributed by atoms with Gasteiger partial charge < -0.3 is 4.90 Å². The zero-order valence-electron chi connectivity index (χ0n) is 9.53. The van der Waals surface area contributed by atoms with Gasteiger partial charge in [0, 0.05) is 31.6 Å². The number of hydrogen-bond donors (Lipinski definition) is 0. The number of amides is 1. The van der Waals surface area contributed by atoms with Crippen molar-refractivity contribution < 1.29 is 4.79 Å². The molecule has 0 saturated carbocycles. The number of hydrogen-bond acceptors (Lipinski definition) is 2. The molecule has 0 heterocycles. The fraction of sp³-hybridized carbons (Fsp3) is 0.455. The van der Waals surface area contributed by atoms with Crippen molar-refractivity contribution in [2.75, 3.05) is 7.05 Å². The van der Waals surface area contributed by atoms with Gasteiger partial charge in [-0.05, 0) is 26.8 Å². The molecule has 0 radical (unpaired) electrons. The molecule has 0 spiro atoms. The highest BCUT2D eigenvalue weighted by molar-refractivity contribution is 5.75. The molecule has 0 saturated heterocycles. The van der Waals surface area contributed by atoms with Gasteiger partial charge in [0.05, 0.1) is 0 Å². The summed E-state index contributed by atoms with van der Waals surface area (Å²) in [6.45, 7) is 7.20. The van der Waals surface area contributed by atoms with Crippen LogP contribution in [-0.2, 0) is 4.79 Å². The summed E-state index contributed by atoms with van der Waals surface area (Å²) in [6, 6.07) is 0. The van der Waals surface area contributed by atoms with E-state index in [4.69, 9.17) is 0 Å². The Labute approximate surface area is 85.8 Å². The third kappa shape index (κ3) is 4.03. The van der Waals surface area contributed by atoms with Crippen LogP contribution in [0.15, 0.2) is 28.5 Å². The normalized spacial score (nSPS) is 13.5. The van der Waals surface area contributed by atoms with Crippen molar-refractivity contribution in [2.24, 2.45) is 4.99 Å². The second-order valence-corrected chi connectivity index (χ2v) is 2.96. The van der Waals surface area contributed by atoms with Crippen LogP contribution >= 0.6 is 0 Å². The predicted molar refractivity (Wildman–Crippen MR) is 60.1 cm³/mol. The third-order valence-corrected chi connectivity index (χ3v) is 1.84. The Balaban J connectivity index is 4.77. The first-order valence-electron chi connectivity index (χ1n) is 4.60. The number of likely N-dealkylation sites (N-methyl/N-ethyl adjacent to an activating group) is 1. The lowest BCUT2D eigenvalue weighted by Crippen LogP contribution is -2.22. The molecular weight excluding hydrogens is 176 g/mol. The summed E-state index contributed by atoms with van der Waals surface area (Å²) >= 11 is 0. The van der Waals surface area contributed by atoms with Crippen LogP contribution in [0.2, 0.25) is 0 Å². The fourth-order valence-electron chi connectivity index (χ4n) is 1.01. The van der Waals surface area contributed by atoms with E-state index in [2.05, 4.69) is 4.99 Å². The topological polar surface area (TPSA) is 32.7 Å². The number of carbonyl (C=O) groups is 1. The highest BCUT2D eigenvalue weighted by Gasteiger charge is 2.04. The highest BCUT2D eigenvalue weighted by Crippen LogP contribution is 2.07. The molecule has 0 aliphatic rings. The van der Waals surface area contributed by atoms with Crippen LogP contribution in [0.4, 0.5) is 0 Å². The lowest BCUT2D eigenvalue weighted by molar-refractivity contribution is -0.125. The maximum atomic E-state index is 11.1. The molecule has 3 nitrogen and oxygen atoms in total. The summed E-state index contributed by atoms with van der Waals surface area (Å²) in [5, 5.41) is 0. The first kappa shape index (κ1) is 12.6. The van der Waals surface area contributed by atoms with E-state index in [9.17, 15) is 4.79 Å². The van der Waals surface area contributed by atoms with E-state index in [1.165, 1.54) is 6.92 Å². The van der Waals surface area contributed by atoms with E-state index in [1.807, 2.05) is 32.9 Å². The van der Waals surface area contributed by atoms with Gasteiger partial charge in [-0.2, -0.15) is 0 Å². The van der Waals surface area contributed by atoms with E-state index >= 15 is 0 Å². The van der Waals surface area contributed by atoms with E-state index in [0.29, 0.717) is 0 Å². The molecule has 0 aliphatic heterocycles. The maximum absolute atomic E-state index is 11.1. The first-order valence-corrected chi connectivity index (χ1v) is 4.60.